The molecule has 2 amide bonds. The fourth-order valence-corrected chi connectivity index (χ4v) is 3.38. The Morgan fingerprint density at radius 1 is 1.32 bits per heavy atom. The van der Waals surface area contributed by atoms with Gasteiger partial charge in [0.25, 0.3) is 0 Å². The fourth-order valence-electron chi connectivity index (χ4n) is 3.38. The second-order valence-corrected chi connectivity index (χ2v) is 6.82. The molecule has 28 heavy (non-hydrogen) atoms. The summed E-state index contributed by atoms with van der Waals surface area (Å²) in [7, 11) is 0. The third-order valence-electron chi connectivity index (χ3n) is 4.80. The number of hydrogen-bond donors (Lipinski definition) is 4. The first-order valence-corrected chi connectivity index (χ1v) is 9.20. The zero-order valence-electron chi connectivity index (χ0n) is 16.1. The van der Waals surface area contributed by atoms with Crippen molar-refractivity contribution < 1.29 is 14.0 Å². The van der Waals surface area contributed by atoms with E-state index in [-0.39, 0.29) is 30.6 Å². The summed E-state index contributed by atoms with van der Waals surface area (Å²) >= 11 is 0. The monoisotopic (exact) mass is 385 g/mol. The van der Waals surface area contributed by atoms with E-state index in [9.17, 15) is 14.0 Å². The van der Waals surface area contributed by atoms with Crippen LogP contribution in [0.4, 0.5) is 4.39 Å². The second kappa shape index (κ2) is 8.24. The van der Waals surface area contributed by atoms with E-state index in [1.165, 1.54) is 25.4 Å². The summed E-state index contributed by atoms with van der Waals surface area (Å²) in [4.78, 5) is 34.3. The number of rotatable bonds is 7. The highest BCUT2D eigenvalue weighted by Crippen LogP contribution is 2.26. The standard InChI is InChI=1S/C20H24FN5O2/c1-4-17-11(2)16-6-14(21)5-13(19(16)26-17)8-23-20(28)18(25-12(3)27)7-15-9-22-10-24-15/h5-6,9-10,18,26H,4,7-8H2,1-3H3,(H,22,24)(H,23,28)(H,25,27)/t18-/m0/s1. The van der Waals surface area contributed by atoms with Crippen LogP contribution in [0.5, 0.6) is 0 Å². The van der Waals surface area contributed by atoms with Crippen molar-refractivity contribution in [2.45, 2.75) is 46.2 Å². The van der Waals surface area contributed by atoms with Gasteiger partial charge in [-0.2, -0.15) is 0 Å². The van der Waals surface area contributed by atoms with Crippen molar-refractivity contribution >= 4 is 22.7 Å². The van der Waals surface area contributed by atoms with Gasteiger partial charge in [0.05, 0.1) is 11.8 Å². The molecule has 0 aliphatic carbocycles. The van der Waals surface area contributed by atoms with Crippen molar-refractivity contribution in [1.82, 2.24) is 25.6 Å². The maximum Gasteiger partial charge on any atom is 0.243 e. The van der Waals surface area contributed by atoms with Gasteiger partial charge in [0.1, 0.15) is 11.9 Å². The SMILES string of the molecule is CCc1[nH]c2c(CNC(=O)[C@H](Cc3cnc[nH]3)NC(C)=O)cc(F)cc2c1C. The first-order chi connectivity index (χ1) is 13.4. The van der Waals surface area contributed by atoms with Gasteiger partial charge >= 0.3 is 0 Å². The molecule has 0 radical (unpaired) electrons. The maximum absolute atomic E-state index is 14.1. The molecule has 2 heterocycles. The largest absolute Gasteiger partial charge is 0.358 e. The zero-order chi connectivity index (χ0) is 20.3. The Labute approximate surface area is 162 Å². The lowest BCUT2D eigenvalue weighted by molar-refractivity contribution is -0.128. The van der Waals surface area contributed by atoms with Crippen LogP contribution in [0.3, 0.4) is 0 Å². The summed E-state index contributed by atoms with van der Waals surface area (Å²) < 4.78 is 14.1. The Morgan fingerprint density at radius 2 is 2.11 bits per heavy atom. The highest BCUT2D eigenvalue weighted by Gasteiger charge is 2.21. The minimum atomic E-state index is -0.751. The Hall–Kier alpha value is -3.16. The number of carbonyl (C=O) groups is 2. The molecule has 0 aliphatic heterocycles. The molecule has 0 spiro atoms. The number of aromatic nitrogens is 3. The third-order valence-corrected chi connectivity index (χ3v) is 4.80. The summed E-state index contributed by atoms with van der Waals surface area (Å²) in [5, 5.41) is 6.27. The number of amides is 2. The molecule has 1 aromatic carbocycles. The van der Waals surface area contributed by atoms with Crippen molar-refractivity contribution in [3.63, 3.8) is 0 Å². The minimum absolute atomic E-state index is 0.148. The molecular weight excluding hydrogens is 361 g/mol. The van der Waals surface area contributed by atoms with Crippen LogP contribution < -0.4 is 10.6 Å². The van der Waals surface area contributed by atoms with Crippen molar-refractivity contribution in [1.29, 1.82) is 0 Å². The summed E-state index contributed by atoms with van der Waals surface area (Å²) in [6, 6.07) is 2.17. The number of imidazole rings is 1. The van der Waals surface area contributed by atoms with Crippen molar-refractivity contribution in [3.05, 3.63) is 53.0 Å². The van der Waals surface area contributed by atoms with Gasteiger partial charge in [0, 0.05) is 42.9 Å². The molecule has 148 valence electrons. The molecule has 0 saturated heterocycles. The number of nitrogens with zero attached hydrogens (tertiary/aromatic N) is 1. The number of halogens is 1. The second-order valence-electron chi connectivity index (χ2n) is 6.82. The van der Waals surface area contributed by atoms with Crippen LogP contribution in [0, 0.1) is 12.7 Å². The molecule has 4 N–H and O–H groups in total. The van der Waals surface area contributed by atoms with Gasteiger partial charge < -0.3 is 20.6 Å². The highest BCUT2D eigenvalue weighted by atomic mass is 19.1. The van der Waals surface area contributed by atoms with E-state index in [4.69, 9.17) is 0 Å². The molecule has 0 unspecified atom stereocenters. The minimum Gasteiger partial charge on any atom is -0.358 e. The van der Waals surface area contributed by atoms with E-state index in [1.54, 1.807) is 6.20 Å². The van der Waals surface area contributed by atoms with Gasteiger partial charge in [-0.05, 0) is 36.6 Å². The van der Waals surface area contributed by atoms with Crippen LogP contribution >= 0.6 is 0 Å². The van der Waals surface area contributed by atoms with Crippen LogP contribution in [0.15, 0.2) is 24.7 Å². The van der Waals surface area contributed by atoms with Crippen LogP contribution in [0.2, 0.25) is 0 Å². The van der Waals surface area contributed by atoms with Gasteiger partial charge in [-0.15, -0.1) is 0 Å². The molecule has 0 aliphatic rings. The van der Waals surface area contributed by atoms with Gasteiger partial charge in [-0.3, -0.25) is 9.59 Å². The molecule has 2 aromatic heterocycles. The smallest absolute Gasteiger partial charge is 0.243 e. The number of benzene rings is 1. The number of aryl methyl sites for hydroxylation is 2. The van der Waals surface area contributed by atoms with Gasteiger partial charge in [-0.25, -0.2) is 9.37 Å². The molecule has 0 fully saturated rings. The lowest BCUT2D eigenvalue weighted by Crippen LogP contribution is -2.47. The molecule has 7 nitrogen and oxygen atoms in total. The number of aromatic amines is 2. The number of fused-ring (bicyclic) bond motifs is 1. The van der Waals surface area contributed by atoms with Crippen LogP contribution in [-0.2, 0) is 29.0 Å². The molecular formula is C20H24FN5O2. The fraction of sp³-hybridized carbons (Fsp3) is 0.350. The molecule has 0 bridgehead atoms. The van der Waals surface area contributed by atoms with Crippen LogP contribution in [0.25, 0.3) is 10.9 Å². The first-order valence-electron chi connectivity index (χ1n) is 9.20. The molecule has 1 atom stereocenters. The first kappa shape index (κ1) is 19.6. The predicted molar refractivity (Wildman–Crippen MR) is 104 cm³/mol. The number of H-pyrrole nitrogens is 2. The highest BCUT2D eigenvalue weighted by molar-refractivity contribution is 5.89. The van der Waals surface area contributed by atoms with Crippen LogP contribution in [-0.4, -0.2) is 32.8 Å². The van der Waals surface area contributed by atoms with Crippen molar-refractivity contribution in [2.75, 3.05) is 0 Å². The summed E-state index contributed by atoms with van der Waals surface area (Å²) in [5.74, 6) is -1.00. The quantitative estimate of drug-likeness (QED) is 0.502. The Kier molecular flexibility index (Phi) is 5.77. The zero-order valence-corrected chi connectivity index (χ0v) is 16.1. The number of nitrogens with one attached hydrogen (secondary N) is 4. The topological polar surface area (TPSA) is 103 Å². The number of carbonyl (C=O) groups excluding carboxylic acids is 2. The van der Waals surface area contributed by atoms with Crippen molar-refractivity contribution in [2.24, 2.45) is 0 Å². The van der Waals surface area contributed by atoms with E-state index in [1.807, 2.05) is 13.8 Å². The lowest BCUT2D eigenvalue weighted by atomic mass is 10.1. The number of hydrogen-bond acceptors (Lipinski definition) is 3. The summed E-state index contributed by atoms with van der Waals surface area (Å²) in [6.07, 6.45) is 4.21. The Bertz CT molecular complexity index is 994. The molecule has 3 rings (SSSR count). The molecule has 3 aromatic rings. The summed E-state index contributed by atoms with van der Waals surface area (Å²) in [6.45, 7) is 5.49. The van der Waals surface area contributed by atoms with E-state index >= 15 is 0 Å². The van der Waals surface area contributed by atoms with Gasteiger partial charge in [0.2, 0.25) is 11.8 Å². The Balaban J connectivity index is 1.79. The molecule has 0 saturated carbocycles. The molecule has 8 heteroatoms. The average molecular weight is 385 g/mol. The Morgan fingerprint density at radius 3 is 2.75 bits per heavy atom. The summed E-state index contributed by atoms with van der Waals surface area (Å²) in [5.41, 5.74) is 4.27. The predicted octanol–water partition coefficient (Wildman–Crippen LogP) is 2.26. The van der Waals surface area contributed by atoms with E-state index < -0.39 is 6.04 Å². The van der Waals surface area contributed by atoms with E-state index in [2.05, 4.69) is 25.6 Å². The van der Waals surface area contributed by atoms with Crippen molar-refractivity contribution in [3.8, 4) is 0 Å². The lowest BCUT2D eigenvalue weighted by Gasteiger charge is -2.17. The van der Waals surface area contributed by atoms with Crippen LogP contribution in [0.1, 0.15) is 36.4 Å². The van der Waals surface area contributed by atoms with Gasteiger partial charge in [-0.1, -0.05) is 6.92 Å². The van der Waals surface area contributed by atoms with Gasteiger partial charge in [0.15, 0.2) is 0 Å². The normalized spacial score (nSPS) is 12.1. The third kappa shape index (κ3) is 4.21. The van der Waals surface area contributed by atoms with E-state index in [0.29, 0.717) is 5.56 Å². The maximum atomic E-state index is 14.1. The van der Waals surface area contributed by atoms with E-state index in [0.717, 1.165) is 34.3 Å². The average Bonchev–Trinajstić information content (AvgIpc) is 3.27.